The van der Waals surface area contributed by atoms with Crippen molar-refractivity contribution in [1.29, 1.82) is 0 Å². The maximum atomic E-state index is 13.1. The number of aromatic nitrogens is 1. The predicted octanol–water partition coefficient (Wildman–Crippen LogP) is 1.51. The van der Waals surface area contributed by atoms with Crippen LogP contribution in [0, 0.1) is 5.82 Å². The molecule has 4 nitrogen and oxygen atoms in total. The molecule has 0 unspecified atom stereocenters. The van der Waals surface area contributed by atoms with Crippen LogP contribution in [-0.4, -0.2) is 24.1 Å². The highest BCUT2D eigenvalue weighted by Gasteiger charge is 2.13. The van der Waals surface area contributed by atoms with Gasteiger partial charge in [-0.1, -0.05) is 5.16 Å². The molecule has 0 radical (unpaired) electrons. The van der Waals surface area contributed by atoms with Crippen LogP contribution in [0.25, 0.3) is 11.0 Å². The van der Waals surface area contributed by atoms with Gasteiger partial charge in [-0.05, 0) is 18.2 Å². The standard InChI is InChI=1S/C11H10FN3O/c12-7-1-2-10-8(5-7)9(15-16-10)6-11-13-3-4-14-11/h1-2,5H,3-4,6H2,(H,13,14). The van der Waals surface area contributed by atoms with Crippen LogP contribution < -0.4 is 5.32 Å². The molecule has 1 aliphatic heterocycles. The van der Waals surface area contributed by atoms with Crippen LogP contribution in [0.4, 0.5) is 4.39 Å². The summed E-state index contributed by atoms with van der Waals surface area (Å²) in [4.78, 5) is 4.27. The van der Waals surface area contributed by atoms with E-state index in [0.717, 1.165) is 30.0 Å². The summed E-state index contributed by atoms with van der Waals surface area (Å²) in [5.41, 5.74) is 1.33. The third kappa shape index (κ3) is 1.54. The zero-order valence-corrected chi connectivity index (χ0v) is 8.53. The Morgan fingerprint density at radius 1 is 1.44 bits per heavy atom. The third-order valence-corrected chi connectivity index (χ3v) is 2.59. The molecular weight excluding hydrogens is 209 g/mol. The molecule has 5 heteroatoms. The first kappa shape index (κ1) is 9.33. The minimum Gasteiger partial charge on any atom is -0.372 e. The lowest BCUT2D eigenvalue weighted by Gasteiger charge is -1.98. The number of hydrogen-bond donors (Lipinski definition) is 1. The first-order valence-corrected chi connectivity index (χ1v) is 5.14. The van der Waals surface area contributed by atoms with Crippen molar-refractivity contribution in [2.24, 2.45) is 4.99 Å². The van der Waals surface area contributed by atoms with Gasteiger partial charge in [-0.2, -0.15) is 0 Å². The molecule has 0 aliphatic carbocycles. The lowest BCUT2D eigenvalue weighted by atomic mass is 10.1. The van der Waals surface area contributed by atoms with Crippen LogP contribution in [0.15, 0.2) is 27.7 Å². The highest BCUT2D eigenvalue weighted by atomic mass is 19.1. The largest absolute Gasteiger partial charge is 0.372 e. The van der Waals surface area contributed by atoms with Crippen LogP contribution in [0.2, 0.25) is 0 Å². The first-order valence-electron chi connectivity index (χ1n) is 5.14. The maximum absolute atomic E-state index is 13.1. The van der Waals surface area contributed by atoms with Crippen molar-refractivity contribution >= 4 is 16.8 Å². The second-order valence-corrected chi connectivity index (χ2v) is 3.70. The number of rotatable bonds is 2. The minimum atomic E-state index is -0.279. The molecule has 2 heterocycles. The average Bonchev–Trinajstić information content (AvgIpc) is 2.90. The molecule has 0 saturated heterocycles. The number of amidine groups is 1. The number of benzene rings is 1. The van der Waals surface area contributed by atoms with E-state index in [0.29, 0.717) is 12.0 Å². The second kappa shape index (κ2) is 3.59. The smallest absolute Gasteiger partial charge is 0.167 e. The number of fused-ring (bicyclic) bond motifs is 1. The Kier molecular flexibility index (Phi) is 2.09. The summed E-state index contributed by atoms with van der Waals surface area (Å²) in [6.07, 6.45) is 0.566. The molecule has 1 aromatic carbocycles. The average molecular weight is 219 g/mol. The fourth-order valence-electron chi connectivity index (χ4n) is 1.81. The molecule has 0 fully saturated rings. The summed E-state index contributed by atoms with van der Waals surface area (Å²) in [5, 5.41) is 7.81. The van der Waals surface area contributed by atoms with E-state index >= 15 is 0 Å². The number of hydrogen-bond acceptors (Lipinski definition) is 4. The molecule has 0 amide bonds. The summed E-state index contributed by atoms with van der Waals surface area (Å²) in [6, 6.07) is 4.39. The van der Waals surface area contributed by atoms with Gasteiger partial charge in [0.2, 0.25) is 0 Å². The highest BCUT2D eigenvalue weighted by Crippen LogP contribution is 2.20. The summed E-state index contributed by atoms with van der Waals surface area (Å²) in [5.74, 6) is 0.609. The number of nitrogens with one attached hydrogen (secondary N) is 1. The maximum Gasteiger partial charge on any atom is 0.167 e. The second-order valence-electron chi connectivity index (χ2n) is 3.70. The van der Waals surface area contributed by atoms with Gasteiger partial charge in [-0.25, -0.2) is 4.39 Å². The van der Waals surface area contributed by atoms with Crippen molar-refractivity contribution in [2.75, 3.05) is 13.1 Å². The number of nitrogens with zero attached hydrogens (tertiary/aromatic N) is 2. The number of halogens is 1. The zero-order valence-electron chi connectivity index (χ0n) is 8.53. The van der Waals surface area contributed by atoms with Crippen LogP contribution in [-0.2, 0) is 6.42 Å². The number of aliphatic imine (C=N–C) groups is 1. The minimum absolute atomic E-state index is 0.279. The van der Waals surface area contributed by atoms with Gasteiger partial charge in [-0.15, -0.1) is 0 Å². The van der Waals surface area contributed by atoms with Crippen molar-refractivity contribution in [3.63, 3.8) is 0 Å². The van der Waals surface area contributed by atoms with Crippen LogP contribution >= 0.6 is 0 Å². The zero-order chi connectivity index (χ0) is 11.0. The van der Waals surface area contributed by atoms with Gasteiger partial charge >= 0.3 is 0 Å². The van der Waals surface area contributed by atoms with Crippen molar-refractivity contribution in [1.82, 2.24) is 10.5 Å². The Balaban J connectivity index is 1.99. The van der Waals surface area contributed by atoms with E-state index in [9.17, 15) is 4.39 Å². The quantitative estimate of drug-likeness (QED) is 0.832. The molecule has 16 heavy (non-hydrogen) atoms. The molecule has 82 valence electrons. The van der Waals surface area contributed by atoms with Crippen molar-refractivity contribution in [3.8, 4) is 0 Å². The highest BCUT2D eigenvalue weighted by molar-refractivity contribution is 5.90. The fourth-order valence-corrected chi connectivity index (χ4v) is 1.81. The summed E-state index contributed by atoms with van der Waals surface area (Å²) < 4.78 is 18.2. The molecule has 0 atom stereocenters. The van der Waals surface area contributed by atoms with E-state index in [-0.39, 0.29) is 5.82 Å². The molecule has 1 aromatic heterocycles. The topological polar surface area (TPSA) is 50.4 Å². The van der Waals surface area contributed by atoms with Crippen LogP contribution in [0.5, 0.6) is 0 Å². The lowest BCUT2D eigenvalue weighted by molar-refractivity contribution is 0.448. The molecule has 0 spiro atoms. The van der Waals surface area contributed by atoms with Gasteiger partial charge < -0.3 is 9.84 Å². The predicted molar refractivity (Wildman–Crippen MR) is 58.0 cm³/mol. The first-order chi connectivity index (χ1) is 7.83. The van der Waals surface area contributed by atoms with E-state index in [1.807, 2.05) is 0 Å². The molecular formula is C11H10FN3O. The van der Waals surface area contributed by atoms with E-state index in [1.165, 1.54) is 12.1 Å². The van der Waals surface area contributed by atoms with Gasteiger partial charge in [0.25, 0.3) is 0 Å². The molecule has 2 aromatic rings. The Labute approximate surface area is 91.1 Å². The van der Waals surface area contributed by atoms with E-state index in [4.69, 9.17) is 4.52 Å². The van der Waals surface area contributed by atoms with Gasteiger partial charge in [-0.3, -0.25) is 4.99 Å². The summed E-state index contributed by atoms with van der Waals surface area (Å²) >= 11 is 0. The third-order valence-electron chi connectivity index (χ3n) is 2.59. The Morgan fingerprint density at radius 3 is 3.19 bits per heavy atom. The van der Waals surface area contributed by atoms with Crippen molar-refractivity contribution in [3.05, 3.63) is 29.7 Å². The SMILES string of the molecule is Fc1ccc2onc(CC3=NCCN3)c2c1. The monoisotopic (exact) mass is 219 g/mol. The lowest BCUT2D eigenvalue weighted by Crippen LogP contribution is -2.20. The molecule has 3 rings (SSSR count). The van der Waals surface area contributed by atoms with Gasteiger partial charge in [0.1, 0.15) is 11.7 Å². The van der Waals surface area contributed by atoms with Gasteiger partial charge in [0.05, 0.1) is 18.7 Å². The van der Waals surface area contributed by atoms with E-state index < -0.39 is 0 Å². The van der Waals surface area contributed by atoms with Gasteiger partial charge in [0.15, 0.2) is 5.58 Å². The molecule has 0 bridgehead atoms. The Morgan fingerprint density at radius 2 is 2.38 bits per heavy atom. The Bertz CT molecular complexity index is 561. The summed E-state index contributed by atoms with van der Waals surface area (Å²) in [6.45, 7) is 1.65. The Hall–Kier alpha value is -1.91. The van der Waals surface area contributed by atoms with Gasteiger partial charge in [0, 0.05) is 11.9 Å². The van der Waals surface area contributed by atoms with Crippen LogP contribution in [0.1, 0.15) is 5.69 Å². The molecule has 0 saturated carbocycles. The fraction of sp³-hybridized carbons (Fsp3) is 0.273. The molecule has 1 aliphatic rings. The van der Waals surface area contributed by atoms with Crippen LogP contribution in [0.3, 0.4) is 0 Å². The van der Waals surface area contributed by atoms with Crippen molar-refractivity contribution in [2.45, 2.75) is 6.42 Å². The normalized spacial score (nSPS) is 15.2. The van der Waals surface area contributed by atoms with E-state index in [1.54, 1.807) is 6.07 Å². The summed E-state index contributed by atoms with van der Waals surface area (Å²) in [7, 11) is 0. The molecule has 1 N–H and O–H groups in total. The van der Waals surface area contributed by atoms with Crippen molar-refractivity contribution < 1.29 is 8.91 Å². The van der Waals surface area contributed by atoms with E-state index in [2.05, 4.69) is 15.5 Å².